The van der Waals surface area contributed by atoms with Gasteiger partial charge in [0.1, 0.15) is 0 Å². The van der Waals surface area contributed by atoms with E-state index in [9.17, 15) is 8.78 Å². The van der Waals surface area contributed by atoms with Gasteiger partial charge in [-0.1, -0.05) is 69.0 Å². The van der Waals surface area contributed by atoms with Crippen LogP contribution in [0.15, 0.2) is 78.2 Å². The van der Waals surface area contributed by atoms with Crippen LogP contribution in [0.2, 0.25) is 0 Å². The Morgan fingerprint density at radius 3 is 2.79 bits per heavy atom. The van der Waals surface area contributed by atoms with Gasteiger partial charge in [0, 0.05) is 17.8 Å². The normalized spacial score (nSPS) is 17.6. The third-order valence-electron chi connectivity index (χ3n) is 6.51. The van der Waals surface area contributed by atoms with Gasteiger partial charge in [0.05, 0.1) is 37.2 Å². The number of aliphatic imine (C=N–C) groups is 1. The molecule has 4 rings (SSSR count). The summed E-state index contributed by atoms with van der Waals surface area (Å²) in [5.41, 5.74) is 6.49. The Hall–Kier alpha value is -3.15. The van der Waals surface area contributed by atoms with Crippen molar-refractivity contribution in [2.24, 2.45) is 4.99 Å². The molecule has 0 aromatic heterocycles. The monoisotopic (exact) mass is 464 g/mol. The molecule has 0 spiro atoms. The highest BCUT2D eigenvalue weighted by Gasteiger charge is 2.39. The summed E-state index contributed by atoms with van der Waals surface area (Å²) >= 11 is 0. The number of aryl methyl sites for hydroxylation is 1. The van der Waals surface area contributed by atoms with Crippen LogP contribution in [0, 0.1) is 0 Å². The minimum atomic E-state index is -2.77. The van der Waals surface area contributed by atoms with Gasteiger partial charge in [-0.05, 0) is 42.0 Å². The Bertz CT molecular complexity index is 1060. The maximum Gasteiger partial charge on any atom is 0.282 e. The summed E-state index contributed by atoms with van der Waals surface area (Å²) < 4.78 is 28.3. The van der Waals surface area contributed by atoms with Gasteiger partial charge >= 0.3 is 0 Å². The van der Waals surface area contributed by atoms with Crippen LogP contribution in [0.1, 0.15) is 48.9 Å². The first kappa shape index (κ1) is 24.0. The van der Waals surface area contributed by atoms with Crippen LogP contribution in [0.25, 0.3) is 0 Å². The Morgan fingerprint density at radius 1 is 1.24 bits per heavy atom. The number of hydrogen-bond acceptors (Lipinski definition) is 4. The van der Waals surface area contributed by atoms with E-state index in [4.69, 9.17) is 4.99 Å². The second-order valence-electron chi connectivity index (χ2n) is 9.27. The lowest BCUT2D eigenvalue weighted by Gasteiger charge is -2.42. The molecule has 34 heavy (non-hydrogen) atoms. The van der Waals surface area contributed by atoms with E-state index in [0.29, 0.717) is 12.4 Å². The number of hydrogen-bond donors (Lipinski definition) is 2. The summed E-state index contributed by atoms with van der Waals surface area (Å²) in [6, 6.07) is 16.4. The Kier molecular flexibility index (Phi) is 7.35. The SMILES string of the molecule is C=C(CCc1ccccc1)NCC1=Nc2cc(C(CCC)N3CC(F)(F)CNC3=C)ccc2C1. The number of halogens is 2. The molecule has 0 amide bonds. The minimum Gasteiger partial charge on any atom is -0.383 e. The molecule has 2 heterocycles. The topological polar surface area (TPSA) is 39.7 Å². The molecule has 2 aromatic carbocycles. The highest BCUT2D eigenvalue weighted by Crippen LogP contribution is 2.37. The number of benzene rings is 2. The Balaban J connectivity index is 1.39. The fraction of sp³-hybridized carbons (Fsp3) is 0.393. The maximum atomic E-state index is 14.1. The molecule has 0 bridgehead atoms. The predicted octanol–water partition coefficient (Wildman–Crippen LogP) is 5.90. The number of alkyl halides is 2. The Morgan fingerprint density at radius 2 is 2.03 bits per heavy atom. The van der Waals surface area contributed by atoms with Crippen LogP contribution < -0.4 is 10.6 Å². The van der Waals surface area contributed by atoms with E-state index in [0.717, 1.165) is 54.8 Å². The zero-order chi connectivity index (χ0) is 24.1. The first-order valence-corrected chi connectivity index (χ1v) is 12.1. The van der Waals surface area contributed by atoms with Gasteiger partial charge in [-0.2, -0.15) is 0 Å². The van der Waals surface area contributed by atoms with Crippen molar-refractivity contribution in [3.05, 3.63) is 89.9 Å². The standard InChI is InChI=1S/C28H34F2N4/c1-4-8-27(34-19-28(29,30)18-32-21(34)3)24-14-13-23-15-25(33-26(23)16-24)17-31-20(2)11-12-22-9-6-5-7-10-22/h5-7,9-10,13-14,16,27,31-32H,2-4,8,11-12,15,17-19H2,1H3. The van der Waals surface area contributed by atoms with Gasteiger partial charge in [0.2, 0.25) is 0 Å². The molecule has 2 aliphatic rings. The molecular formula is C28H34F2N4. The fourth-order valence-electron chi connectivity index (χ4n) is 4.64. The second-order valence-corrected chi connectivity index (χ2v) is 9.27. The zero-order valence-corrected chi connectivity index (χ0v) is 19.9. The summed E-state index contributed by atoms with van der Waals surface area (Å²) in [6.07, 6.45) is 4.29. The smallest absolute Gasteiger partial charge is 0.282 e. The Labute approximate surface area is 201 Å². The number of fused-ring (bicyclic) bond motifs is 1. The van der Waals surface area contributed by atoms with Crippen LogP contribution in [-0.2, 0) is 12.8 Å². The van der Waals surface area contributed by atoms with Crippen LogP contribution in [0.5, 0.6) is 0 Å². The first-order valence-electron chi connectivity index (χ1n) is 12.1. The molecule has 0 aliphatic carbocycles. The lowest BCUT2D eigenvalue weighted by atomic mass is 9.96. The van der Waals surface area contributed by atoms with Gasteiger partial charge in [0.25, 0.3) is 5.92 Å². The molecule has 2 aromatic rings. The van der Waals surface area contributed by atoms with E-state index in [1.54, 1.807) is 4.90 Å². The quantitative estimate of drug-likeness (QED) is 0.460. The summed E-state index contributed by atoms with van der Waals surface area (Å²) in [6.45, 7) is 10.2. The second kappa shape index (κ2) is 10.4. The van der Waals surface area contributed by atoms with Crippen molar-refractivity contribution in [3.63, 3.8) is 0 Å². The predicted molar refractivity (Wildman–Crippen MR) is 136 cm³/mol. The van der Waals surface area contributed by atoms with Crippen LogP contribution >= 0.6 is 0 Å². The summed E-state index contributed by atoms with van der Waals surface area (Å²) in [5, 5.41) is 6.19. The molecule has 4 nitrogen and oxygen atoms in total. The molecular weight excluding hydrogens is 430 g/mol. The van der Waals surface area contributed by atoms with Gasteiger partial charge in [-0.3, -0.25) is 4.99 Å². The number of nitrogens with one attached hydrogen (secondary N) is 2. The number of rotatable bonds is 10. The molecule has 6 heteroatoms. The van der Waals surface area contributed by atoms with Crippen LogP contribution in [-0.4, -0.2) is 36.2 Å². The van der Waals surface area contributed by atoms with Crippen molar-refractivity contribution in [1.82, 2.24) is 15.5 Å². The third-order valence-corrected chi connectivity index (χ3v) is 6.51. The lowest BCUT2D eigenvalue weighted by Crippen LogP contribution is -2.52. The first-order chi connectivity index (χ1) is 16.3. The van der Waals surface area contributed by atoms with Crippen molar-refractivity contribution in [1.29, 1.82) is 0 Å². The van der Waals surface area contributed by atoms with Crippen molar-refractivity contribution in [2.45, 2.75) is 51.0 Å². The minimum absolute atomic E-state index is 0.156. The zero-order valence-electron chi connectivity index (χ0n) is 19.9. The highest BCUT2D eigenvalue weighted by molar-refractivity contribution is 5.95. The van der Waals surface area contributed by atoms with Gasteiger partial charge < -0.3 is 15.5 Å². The summed E-state index contributed by atoms with van der Waals surface area (Å²) in [4.78, 5) is 6.56. The molecule has 0 saturated carbocycles. The third kappa shape index (κ3) is 5.85. The molecule has 0 radical (unpaired) electrons. The molecule has 2 N–H and O–H groups in total. The molecule has 1 saturated heterocycles. The molecule has 1 atom stereocenters. The van der Waals surface area contributed by atoms with Crippen molar-refractivity contribution in [2.75, 3.05) is 19.6 Å². The molecule has 1 fully saturated rings. The maximum absolute atomic E-state index is 14.1. The average molecular weight is 465 g/mol. The largest absolute Gasteiger partial charge is 0.383 e. The van der Waals surface area contributed by atoms with E-state index in [1.807, 2.05) is 6.07 Å². The molecule has 2 aliphatic heterocycles. The van der Waals surface area contributed by atoms with Crippen molar-refractivity contribution < 1.29 is 8.78 Å². The number of allylic oxidation sites excluding steroid dienone is 1. The van der Waals surface area contributed by atoms with E-state index in [-0.39, 0.29) is 19.1 Å². The fourth-order valence-corrected chi connectivity index (χ4v) is 4.64. The van der Waals surface area contributed by atoms with Gasteiger partial charge in [-0.25, -0.2) is 8.78 Å². The van der Waals surface area contributed by atoms with Crippen LogP contribution in [0.4, 0.5) is 14.5 Å². The molecule has 1 unspecified atom stereocenters. The van der Waals surface area contributed by atoms with E-state index in [2.05, 4.69) is 73.2 Å². The molecule has 180 valence electrons. The van der Waals surface area contributed by atoms with Crippen LogP contribution in [0.3, 0.4) is 0 Å². The summed E-state index contributed by atoms with van der Waals surface area (Å²) in [7, 11) is 0. The average Bonchev–Trinajstić information content (AvgIpc) is 3.24. The van der Waals surface area contributed by atoms with E-state index in [1.165, 1.54) is 11.1 Å². The number of nitrogens with zero attached hydrogens (tertiary/aromatic N) is 2. The van der Waals surface area contributed by atoms with E-state index < -0.39 is 5.92 Å². The van der Waals surface area contributed by atoms with Crippen molar-refractivity contribution >= 4 is 11.4 Å². The van der Waals surface area contributed by atoms with E-state index >= 15 is 0 Å². The highest BCUT2D eigenvalue weighted by atomic mass is 19.3. The van der Waals surface area contributed by atoms with Gasteiger partial charge in [-0.15, -0.1) is 0 Å². The lowest BCUT2D eigenvalue weighted by molar-refractivity contribution is -0.0536. The van der Waals surface area contributed by atoms with Crippen molar-refractivity contribution in [3.8, 4) is 0 Å². The summed E-state index contributed by atoms with van der Waals surface area (Å²) in [5.74, 6) is -2.21. The van der Waals surface area contributed by atoms with Gasteiger partial charge in [0.15, 0.2) is 0 Å².